The first-order chi connectivity index (χ1) is 17.3. The van der Waals surface area contributed by atoms with Gasteiger partial charge in [-0.2, -0.15) is 0 Å². The van der Waals surface area contributed by atoms with Gasteiger partial charge in [-0.25, -0.2) is 9.97 Å². The van der Waals surface area contributed by atoms with E-state index in [4.69, 9.17) is 9.97 Å². The molecule has 0 bridgehead atoms. The van der Waals surface area contributed by atoms with Crippen LogP contribution in [-0.4, -0.2) is 9.97 Å². The number of benzene rings is 4. The maximum atomic E-state index is 5.15. The van der Waals surface area contributed by atoms with Crippen LogP contribution in [0.4, 0.5) is 0 Å². The van der Waals surface area contributed by atoms with Crippen molar-refractivity contribution in [2.45, 2.75) is 47.3 Å². The zero-order valence-corrected chi connectivity index (χ0v) is 20.4. The molecular weight excluding hydrogens is 444 g/mol. The van der Waals surface area contributed by atoms with Crippen molar-refractivity contribution in [1.82, 2.24) is 9.97 Å². The number of nitrogens with zero attached hydrogens (tertiary/aromatic N) is 2. The summed E-state index contributed by atoms with van der Waals surface area (Å²) >= 11 is 1.92. The molecule has 1 aliphatic carbocycles. The molecule has 0 N–H and O–H groups in total. The number of aromatic nitrogens is 2. The number of fused-ring (bicyclic) bond motifs is 5. The molecular formula is C32H26N2S. The molecule has 4 aromatic carbocycles. The first-order valence-electron chi connectivity index (χ1n) is 12.6. The van der Waals surface area contributed by atoms with Gasteiger partial charge in [0.2, 0.25) is 0 Å². The normalized spacial score (nSPS) is 16.1. The van der Waals surface area contributed by atoms with Crippen LogP contribution in [0.3, 0.4) is 0 Å². The molecule has 0 atom stereocenters. The molecule has 7 rings (SSSR count). The van der Waals surface area contributed by atoms with Gasteiger partial charge in [-0.1, -0.05) is 104 Å². The van der Waals surface area contributed by atoms with Crippen LogP contribution in [0.2, 0.25) is 0 Å². The first-order valence-corrected chi connectivity index (χ1v) is 13.4. The molecule has 0 unspecified atom stereocenters. The van der Waals surface area contributed by atoms with E-state index in [1.165, 1.54) is 53.0 Å². The zero-order valence-electron chi connectivity index (χ0n) is 19.6. The van der Waals surface area contributed by atoms with Crippen LogP contribution < -0.4 is 0 Å². The lowest BCUT2D eigenvalue weighted by Crippen LogP contribution is -2.33. The van der Waals surface area contributed by atoms with Gasteiger partial charge in [-0.3, -0.25) is 0 Å². The third-order valence-corrected chi connectivity index (χ3v) is 8.89. The standard InChI is InChI=1S/C32H26N2S/c1-3-11-22(12-4-1)30-24-13-5-7-15-27(24)33-31(34-30)23-17-18-29-26(21-23)32(19-9-2-10-20-32)25-14-6-8-16-28(25)35-29/h1,3-8,11-18,21H,2,9-10,19-20H2. The van der Waals surface area contributed by atoms with E-state index in [-0.39, 0.29) is 5.41 Å². The van der Waals surface area contributed by atoms with Gasteiger partial charge in [0.05, 0.1) is 11.2 Å². The third-order valence-electron chi connectivity index (χ3n) is 7.73. The molecule has 1 aromatic heterocycles. The highest BCUT2D eigenvalue weighted by atomic mass is 32.2. The van der Waals surface area contributed by atoms with E-state index in [9.17, 15) is 0 Å². The minimum atomic E-state index is 0.102. The van der Waals surface area contributed by atoms with Gasteiger partial charge < -0.3 is 0 Å². The molecule has 1 saturated carbocycles. The van der Waals surface area contributed by atoms with Crippen molar-refractivity contribution < 1.29 is 0 Å². The molecule has 2 nitrogen and oxygen atoms in total. The molecule has 1 fully saturated rings. The lowest BCUT2D eigenvalue weighted by Gasteiger charge is -2.43. The topological polar surface area (TPSA) is 25.8 Å². The summed E-state index contributed by atoms with van der Waals surface area (Å²) in [5, 5.41) is 1.09. The molecule has 3 heteroatoms. The second kappa shape index (κ2) is 8.35. The van der Waals surface area contributed by atoms with Crippen molar-refractivity contribution in [1.29, 1.82) is 0 Å². The van der Waals surface area contributed by atoms with Gasteiger partial charge in [-0.15, -0.1) is 0 Å². The number of para-hydroxylation sites is 1. The fourth-order valence-electron chi connectivity index (χ4n) is 6.06. The Labute approximate surface area is 210 Å². The van der Waals surface area contributed by atoms with Gasteiger partial charge in [0.25, 0.3) is 0 Å². The van der Waals surface area contributed by atoms with Crippen molar-refractivity contribution in [3.05, 3.63) is 108 Å². The van der Waals surface area contributed by atoms with Crippen LogP contribution in [-0.2, 0) is 5.41 Å². The molecule has 35 heavy (non-hydrogen) atoms. The SMILES string of the molecule is c1ccc(-c2nc(-c3ccc4c(c3)C3(CCCCC3)c3ccccc3S4)nc3ccccc23)cc1. The summed E-state index contributed by atoms with van der Waals surface area (Å²) in [7, 11) is 0. The van der Waals surface area contributed by atoms with E-state index in [1.807, 2.05) is 11.8 Å². The van der Waals surface area contributed by atoms with E-state index in [0.29, 0.717) is 0 Å². The minimum Gasteiger partial charge on any atom is -0.228 e. The maximum absolute atomic E-state index is 5.15. The number of rotatable bonds is 2. The Kier molecular flexibility index (Phi) is 4.99. The third kappa shape index (κ3) is 3.41. The van der Waals surface area contributed by atoms with E-state index in [1.54, 1.807) is 0 Å². The summed E-state index contributed by atoms with van der Waals surface area (Å²) in [5.74, 6) is 0.806. The Morgan fingerprint density at radius 1 is 0.600 bits per heavy atom. The van der Waals surface area contributed by atoms with Crippen LogP contribution in [0.5, 0.6) is 0 Å². The summed E-state index contributed by atoms with van der Waals surface area (Å²) in [6.07, 6.45) is 6.34. The van der Waals surface area contributed by atoms with Crippen LogP contribution >= 0.6 is 11.8 Å². The average Bonchev–Trinajstić information content (AvgIpc) is 2.93. The molecule has 2 aliphatic rings. The van der Waals surface area contributed by atoms with Crippen LogP contribution in [0, 0.1) is 0 Å². The molecule has 1 aliphatic heterocycles. The predicted molar refractivity (Wildman–Crippen MR) is 145 cm³/mol. The molecule has 0 radical (unpaired) electrons. The second-order valence-corrected chi connectivity index (χ2v) is 10.8. The highest BCUT2D eigenvalue weighted by Gasteiger charge is 2.41. The molecule has 1 spiro atoms. The van der Waals surface area contributed by atoms with E-state index in [2.05, 4.69) is 97.1 Å². The van der Waals surface area contributed by atoms with Crippen LogP contribution in [0.15, 0.2) is 107 Å². The van der Waals surface area contributed by atoms with Gasteiger partial charge >= 0.3 is 0 Å². The summed E-state index contributed by atoms with van der Waals surface area (Å²) in [6, 6.07) is 34.8. The monoisotopic (exact) mass is 470 g/mol. The number of hydrogen-bond donors (Lipinski definition) is 0. The van der Waals surface area contributed by atoms with Gasteiger partial charge in [-0.05, 0) is 48.2 Å². The largest absolute Gasteiger partial charge is 0.228 e. The minimum absolute atomic E-state index is 0.102. The summed E-state index contributed by atoms with van der Waals surface area (Å²) in [5.41, 5.74) is 7.30. The van der Waals surface area contributed by atoms with Gasteiger partial charge in [0.1, 0.15) is 0 Å². The Morgan fingerprint density at radius 3 is 2.23 bits per heavy atom. The summed E-state index contributed by atoms with van der Waals surface area (Å²) < 4.78 is 0. The lowest BCUT2D eigenvalue weighted by molar-refractivity contribution is 0.335. The fraction of sp³-hybridized carbons (Fsp3) is 0.188. The van der Waals surface area contributed by atoms with Crippen molar-refractivity contribution in [2.24, 2.45) is 0 Å². The molecule has 0 amide bonds. The second-order valence-electron chi connectivity index (χ2n) is 9.73. The predicted octanol–water partition coefficient (Wildman–Crippen LogP) is 8.68. The van der Waals surface area contributed by atoms with Gasteiger partial charge in [0.15, 0.2) is 5.82 Å². The van der Waals surface area contributed by atoms with Crippen molar-refractivity contribution in [3.63, 3.8) is 0 Å². The maximum Gasteiger partial charge on any atom is 0.160 e. The van der Waals surface area contributed by atoms with E-state index >= 15 is 0 Å². The van der Waals surface area contributed by atoms with Gasteiger partial charge in [0, 0.05) is 31.7 Å². The highest BCUT2D eigenvalue weighted by Crippen LogP contribution is 2.55. The number of hydrogen-bond acceptors (Lipinski definition) is 3. The van der Waals surface area contributed by atoms with Crippen molar-refractivity contribution >= 4 is 22.7 Å². The fourth-order valence-corrected chi connectivity index (χ4v) is 7.32. The Balaban J connectivity index is 1.43. The summed E-state index contributed by atoms with van der Waals surface area (Å²) in [6.45, 7) is 0. The van der Waals surface area contributed by atoms with Crippen molar-refractivity contribution in [3.8, 4) is 22.6 Å². The molecule has 2 heterocycles. The molecule has 170 valence electrons. The Morgan fingerprint density at radius 2 is 1.34 bits per heavy atom. The Bertz CT molecular complexity index is 1550. The smallest absolute Gasteiger partial charge is 0.160 e. The quantitative estimate of drug-likeness (QED) is 0.258. The Hall–Kier alpha value is -3.43. The lowest BCUT2D eigenvalue weighted by atomic mass is 9.65. The average molecular weight is 471 g/mol. The van der Waals surface area contributed by atoms with Crippen LogP contribution in [0.25, 0.3) is 33.5 Å². The highest BCUT2D eigenvalue weighted by molar-refractivity contribution is 7.99. The van der Waals surface area contributed by atoms with E-state index < -0.39 is 0 Å². The molecule has 5 aromatic rings. The first kappa shape index (κ1) is 20.9. The van der Waals surface area contributed by atoms with E-state index in [0.717, 1.165) is 33.5 Å². The molecule has 0 saturated heterocycles. The van der Waals surface area contributed by atoms with Crippen molar-refractivity contribution in [2.75, 3.05) is 0 Å². The van der Waals surface area contributed by atoms with Crippen LogP contribution in [0.1, 0.15) is 43.2 Å². The zero-order chi connectivity index (χ0) is 23.2. The summed E-state index contributed by atoms with van der Waals surface area (Å²) in [4.78, 5) is 13.0.